The normalized spacial score (nSPS) is 14.1. The molecular weight excluding hydrogens is 394 g/mol. The molecule has 0 bridgehead atoms. The smallest absolute Gasteiger partial charge is 0.161 e. The molecule has 0 unspecified atom stereocenters. The fourth-order valence-corrected chi connectivity index (χ4v) is 4.00. The molecule has 2 aromatic carbocycles. The van der Waals surface area contributed by atoms with Crippen molar-refractivity contribution in [1.82, 2.24) is 14.4 Å². The number of oxime groups is 1. The summed E-state index contributed by atoms with van der Waals surface area (Å²) in [7, 11) is 3.23. The summed E-state index contributed by atoms with van der Waals surface area (Å²) in [5.41, 5.74) is 6.19. The summed E-state index contributed by atoms with van der Waals surface area (Å²) in [6.07, 6.45) is 6.92. The second-order valence-corrected chi connectivity index (χ2v) is 7.23. The van der Waals surface area contributed by atoms with Crippen LogP contribution >= 0.6 is 0 Å². The Labute approximate surface area is 178 Å². The first-order valence-electron chi connectivity index (χ1n) is 9.87. The van der Waals surface area contributed by atoms with E-state index in [1.165, 1.54) is 0 Å². The lowest BCUT2D eigenvalue weighted by Crippen LogP contribution is -1.99. The van der Waals surface area contributed by atoms with Gasteiger partial charge in [-0.25, -0.2) is 4.98 Å². The maximum Gasteiger partial charge on any atom is 0.161 e. The van der Waals surface area contributed by atoms with E-state index in [9.17, 15) is 5.21 Å². The predicted octanol–water partition coefficient (Wildman–Crippen LogP) is 4.28. The van der Waals surface area contributed by atoms with Crippen LogP contribution in [0.3, 0.4) is 0 Å². The summed E-state index contributed by atoms with van der Waals surface area (Å²) < 4.78 is 12.8. The second kappa shape index (κ2) is 7.64. The van der Waals surface area contributed by atoms with Crippen LogP contribution in [0.4, 0.5) is 11.5 Å². The molecule has 0 radical (unpaired) electrons. The number of nitrogens with one attached hydrogen (secondary N) is 1. The molecule has 0 atom stereocenters. The summed E-state index contributed by atoms with van der Waals surface area (Å²) in [4.78, 5) is 9.00. The molecule has 0 aliphatic heterocycles. The molecule has 0 fully saturated rings. The number of hydrogen-bond donors (Lipinski definition) is 2. The van der Waals surface area contributed by atoms with Crippen LogP contribution in [0.5, 0.6) is 11.5 Å². The number of anilines is 2. The number of methoxy groups -OCH3 is 2. The number of nitrogens with zero attached hydrogens (tertiary/aromatic N) is 4. The van der Waals surface area contributed by atoms with Crippen molar-refractivity contribution in [2.24, 2.45) is 5.16 Å². The highest BCUT2D eigenvalue weighted by molar-refractivity contribution is 6.04. The van der Waals surface area contributed by atoms with Crippen molar-refractivity contribution in [2.45, 2.75) is 12.8 Å². The van der Waals surface area contributed by atoms with E-state index in [-0.39, 0.29) is 0 Å². The molecule has 1 aliphatic rings. The Morgan fingerprint density at radius 3 is 2.74 bits per heavy atom. The molecule has 4 aromatic rings. The number of aryl methyl sites for hydroxylation is 1. The van der Waals surface area contributed by atoms with Crippen LogP contribution in [0.2, 0.25) is 0 Å². The minimum absolute atomic E-state index is 0.634. The van der Waals surface area contributed by atoms with E-state index in [0.717, 1.165) is 58.1 Å². The highest BCUT2D eigenvalue weighted by atomic mass is 16.5. The third kappa shape index (κ3) is 3.22. The minimum atomic E-state index is 0.634. The maximum atomic E-state index is 9.19. The van der Waals surface area contributed by atoms with Crippen LogP contribution in [-0.4, -0.2) is 39.5 Å². The van der Waals surface area contributed by atoms with Crippen molar-refractivity contribution in [3.8, 4) is 22.8 Å². The highest BCUT2D eigenvalue weighted by Gasteiger charge is 2.20. The number of fused-ring (bicyclic) bond motifs is 2. The lowest BCUT2D eigenvalue weighted by atomic mass is 10.1. The van der Waals surface area contributed by atoms with Gasteiger partial charge in [0.15, 0.2) is 17.1 Å². The molecule has 8 nitrogen and oxygen atoms in total. The maximum absolute atomic E-state index is 9.19. The lowest BCUT2D eigenvalue weighted by Gasteiger charge is -2.12. The molecule has 2 N–H and O–H groups in total. The molecule has 156 valence electrons. The van der Waals surface area contributed by atoms with Gasteiger partial charge in [-0.3, -0.25) is 9.38 Å². The number of benzene rings is 2. The fourth-order valence-electron chi connectivity index (χ4n) is 4.00. The summed E-state index contributed by atoms with van der Waals surface area (Å²) in [6, 6.07) is 11.8. The van der Waals surface area contributed by atoms with Crippen LogP contribution in [0.1, 0.15) is 17.5 Å². The summed E-state index contributed by atoms with van der Waals surface area (Å²) in [6.45, 7) is 0. The molecule has 0 spiro atoms. The van der Waals surface area contributed by atoms with E-state index in [0.29, 0.717) is 11.5 Å². The van der Waals surface area contributed by atoms with Crippen molar-refractivity contribution >= 4 is 22.9 Å². The Kier molecular flexibility index (Phi) is 4.66. The first-order valence-corrected chi connectivity index (χ1v) is 9.87. The van der Waals surface area contributed by atoms with E-state index in [1.807, 2.05) is 40.9 Å². The Bertz CT molecular complexity index is 1310. The van der Waals surface area contributed by atoms with Gasteiger partial charge in [-0.1, -0.05) is 11.2 Å². The molecule has 5 rings (SSSR count). The van der Waals surface area contributed by atoms with Crippen LogP contribution in [0, 0.1) is 0 Å². The lowest BCUT2D eigenvalue weighted by molar-refractivity contribution is 0.318. The predicted molar refractivity (Wildman–Crippen MR) is 118 cm³/mol. The zero-order valence-corrected chi connectivity index (χ0v) is 17.2. The highest BCUT2D eigenvalue weighted by Crippen LogP contribution is 2.37. The molecule has 31 heavy (non-hydrogen) atoms. The zero-order valence-electron chi connectivity index (χ0n) is 17.2. The molecule has 2 heterocycles. The average Bonchev–Trinajstić information content (AvgIpc) is 3.39. The Morgan fingerprint density at radius 2 is 1.94 bits per heavy atom. The van der Waals surface area contributed by atoms with Crippen molar-refractivity contribution in [3.63, 3.8) is 0 Å². The summed E-state index contributed by atoms with van der Waals surface area (Å²) in [5.74, 6) is 2.11. The zero-order chi connectivity index (χ0) is 21.4. The SMILES string of the molecule is COc1ccc(-c2nc3cnccn3c2Nc2ccc3c(c2)CC/C3=N\O)cc1OC. The van der Waals surface area contributed by atoms with Gasteiger partial charge in [-0.05, 0) is 48.7 Å². The molecule has 8 heteroatoms. The van der Waals surface area contributed by atoms with Crippen molar-refractivity contribution < 1.29 is 14.7 Å². The van der Waals surface area contributed by atoms with E-state index >= 15 is 0 Å². The second-order valence-electron chi connectivity index (χ2n) is 7.23. The van der Waals surface area contributed by atoms with Gasteiger partial charge in [0.25, 0.3) is 0 Å². The topological polar surface area (TPSA) is 93.3 Å². The van der Waals surface area contributed by atoms with Crippen LogP contribution < -0.4 is 14.8 Å². The average molecular weight is 415 g/mol. The first kappa shape index (κ1) is 18.9. The number of rotatable bonds is 5. The van der Waals surface area contributed by atoms with E-state index in [1.54, 1.807) is 26.6 Å². The first-order chi connectivity index (χ1) is 15.2. The standard InChI is InChI=1S/C23H21N5O3/c1-30-19-8-4-15(12-20(19)31-2)22-23(28-10-9-24-13-21(28)26-22)25-16-5-6-17-14(11-16)3-7-18(17)27-29/h4-6,8-13,25,29H,3,7H2,1-2H3/b27-18+. The van der Waals surface area contributed by atoms with Gasteiger partial charge in [0.1, 0.15) is 11.5 Å². The Hall–Kier alpha value is -4.07. The Morgan fingerprint density at radius 1 is 1.06 bits per heavy atom. The van der Waals surface area contributed by atoms with E-state index in [4.69, 9.17) is 14.5 Å². The van der Waals surface area contributed by atoms with Gasteiger partial charge >= 0.3 is 0 Å². The van der Waals surface area contributed by atoms with Crippen LogP contribution in [0.25, 0.3) is 16.9 Å². The molecule has 2 aromatic heterocycles. The minimum Gasteiger partial charge on any atom is -0.493 e. The van der Waals surface area contributed by atoms with Crippen molar-refractivity contribution in [3.05, 3.63) is 66.1 Å². The molecule has 0 saturated carbocycles. The van der Waals surface area contributed by atoms with Gasteiger partial charge in [0.2, 0.25) is 0 Å². The van der Waals surface area contributed by atoms with E-state index in [2.05, 4.69) is 21.5 Å². The molecule has 0 saturated heterocycles. The van der Waals surface area contributed by atoms with Gasteiger partial charge in [0.05, 0.1) is 26.1 Å². The Balaban J connectivity index is 1.61. The molecule has 0 amide bonds. The van der Waals surface area contributed by atoms with Crippen LogP contribution in [-0.2, 0) is 6.42 Å². The molecular formula is C23H21N5O3. The quantitative estimate of drug-likeness (QED) is 0.373. The number of aromatic nitrogens is 3. The van der Waals surface area contributed by atoms with Crippen molar-refractivity contribution in [2.75, 3.05) is 19.5 Å². The molecule has 1 aliphatic carbocycles. The van der Waals surface area contributed by atoms with Gasteiger partial charge < -0.3 is 20.0 Å². The third-order valence-corrected chi connectivity index (χ3v) is 5.52. The van der Waals surface area contributed by atoms with E-state index < -0.39 is 0 Å². The van der Waals surface area contributed by atoms with Gasteiger partial charge in [-0.2, -0.15) is 0 Å². The summed E-state index contributed by atoms with van der Waals surface area (Å²) in [5, 5.41) is 16.1. The monoisotopic (exact) mass is 415 g/mol. The number of ether oxygens (including phenoxy) is 2. The summed E-state index contributed by atoms with van der Waals surface area (Å²) >= 11 is 0. The number of hydrogen-bond acceptors (Lipinski definition) is 7. The van der Waals surface area contributed by atoms with Gasteiger partial charge in [-0.15, -0.1) is 0 Å². The van der Waals surface area contributed by atoms with Gasteiger partial charge in [0, 0.05) is 29.2 Å². The fraction of sp³-hybridized carbons (Fsp3) is 0.174. The van der Waals surface area contributed by atoms with Crippen LogP contribution in [0.15, 0.2) is 60.1 Å². The largest absolute Gasteiger partial charge is 0.493 e. The van der Waals surface area contributed by atoms with Crippen molar-refractivity contribution in [1.29, 1.82) is 0 Å². The third-order valence-electron chi connectivity index (χ3n) is 5.52. The number of imidazole rings is 1.